The van der Waals surface area contributed by atoms with E-state index in [9.17, 15) is 4.79 Å². The lowest BCUT2D eigenvalue weighted by atomic mass is 10.1. The predicted octanol–water partition coefficient (Wildman–Crippen LogP) is 1.42. The Labute approximate surface area is 164 Å². The Balaban J connectivity index is 1.32. The van der Waals surface area contributed by atoms with Crippen LogP contribution >= 0.6 is 0 Å². The van der Waals surface area contributed by atoms with Gasteiger partial charge in [0.15, 0.2) is 0 Å². The molecule has 144 valence electrons. The van der Waals surface area contributed by atoms with Gasteiger partial charge in [0.1, 0.15) is 12.3 Å². The number of amides is 1. The van der Waals surface area contributed by atoms with Crippen LogP contribution in [0.2, 0.25) is 0 Å². The van der Waals surface area contributed by atoms with Gasteiger partial charge in [0, 0.05) is 23.5 Å². The molecule has 1 aliphatic rings. The van der Waals surface area contributed by atoms with Gasteiger partial charge in [-0.05, 0) is 54.6 Å². The summed E-state index contributed by atoms with van der Waals surface area (Å²) in [4.78, 5) is 16.3. The number of piperazine rings is 1. The summed E-state index contributed by atoms with van der Waals surface area (Å²) in [6, 6.07) is 17.8. The molecule has 28 heavy (non-hydrogen) atoms. The van der Waals surface area contributed by atoms with Gasteiger partial charge >= 0.3 is 0 Å². The number of nitrogens with zero attached hydrogens (tertiary/aromatic N) is 3. The van der Waals surface area contributed by atoms with Gasteiger partial charge in [-0.15, -0.1) is 0 Å². The fourth-order valence-electron chi connectivity index (χ4n) is 3.60. The van der Waals surface area contributed by atoms with Crippen LogP contribution in [0.3, 0.4) is 0 Å². The van der Waals surface area contributed by atoms with Gasteiger partial charge in [0.05, 0.1) is 39.0 Å². The summed E-state index contributed by atoms with van der Waals surface area (Å²) in [7, 11) is 1.68. The summed E-state index contributed by atoms with van der Waals surface area (Å²) < 4.78 is 7.00. The van der Waals surface area contributed by atoms with E-state index < -0.39 is 0 Å². The zero-order chi connectivity index (χ0) is 19.3. The van der Waals surface area contributed by atoms with Crippen LogP contribution in [-0.4, -0.2) is 53.9 Å². The molecular weight excluding hydrogens is 352 g/mol. The fraction of sp³-hybridized carbons (Fsp3) is 0.273. The minimum atomic E-state index is 0.107. The summed E-state index contributed by atoms with van der Waals surface area (Å²) in [6.07, 6.45) is 3.63. The molecule has 1 aromatic heterocycles. The summed E-state index contributed by atoms with van der Waals surface area (Å²) in [6.45, 7) is 4.47. The van der Waals surface area contributed by atoms with E-state index in [1.807, 2.05) is 53.6 Å². The van der Waals surface area contributed by atoms with Gasteiger partial charge in [-0.2, -0.15) is 5.10 Å². The number of quaternary nitrogens is 1. The molecule has 1 fully saturated rings. The summed E-state index contributed by atoms with van der Waals surface area (Å²) >= 11 is 0. The van der Waals surface area contributed by atoms with Crippen LogP contribution in [0.4, 0.5) is 0 Å². The van der Waals surface area contributed by atoms with E-state index >= 15 is 0 Å². The summed E-state index contributed by atoms with van der Waals surface area (Å²) in [5.74, 6) is 0.989. The first-order chi connectivity index (χ1) is 13.7. The van der Waals surface area contributed by atoms with Crippen molar-refractivity contribution in [3.8, 4) is 11.4 Å². The second kappa shape index (κ2) is 8.27. The Morgan fingerprint density at radius 1 is 1.07 bits per heavy atom. The molecule has 2 heterocycles. The molecular formula is C22H25N4O2+. The normalized spacial score (nSPS) is 14.8. The lowest BCUT2D eigenvalue weighted by Crippen LogP contribution is -3.13. The van der Waals surface area contributed by atoms with Crippen molar-refractivity contribution in [2.45, 2.75) is 6.54 Å². The molecule has 2 aromatic carbocycles. The standard InChI is InChI=1S/C22H24N4O2/c1-28-21-9-3-18(4-10-21)17-24-13-15-25(16-14-24)22(27)19-5-7-20(8-6-19)26-12-2-11-23-26/h2-12H,13-17H2,1H3/p+1. The van der Waals surface area contributed by atoms with Crippen LogP contribution in [-0.2, 0) is 6.54 Å². The van der Waals surface area contributed by atoms with Crippen molar-refractivity contribution in [1.82, 2.24) is 14.7 Å². The van der Waals surface area contributed by atoms with E-state index in [1.165, 1.54) is 10.5 Å². The number of benzene rings is 2. The Kier molecular flexibility index (Phi) is 5.39. The maximum absolute atomic E-state index is 12.8. The molecule has 1 saturated heterocycles. The van der Waals surface area contributed by atoms with E-state index in [0.717, 1.165) is 49.7 Å². The molecule has 4 rings (SSSR count). The minimum absolute atomic E-state index is 0.107. The number of carbonyl (C=O) groups is 1. The molecule has 1 aliphatic heterocycles. The first kappa shape index (κ1) is 18.3. The molecule has 0 atom stereocenters. The van der Waals surface area contributed by atoms with Crippen LogP contribution in [0.25, 0.3) is 5.69 Å². The topological polar surface area (TPSA) is 51.8 Å². The van der Waals surface area contributed by atoms with Gasteiger partial charge in [-0.1, -0.05) is 0 Å². The zero-order valence-corrected chi connectivity index (χ0v) is 16.0. The van der Waals surface area contributed by atoms with Crippen molar-refractivity contribution in [2.75, 3.05) is 33.3 Å². The lowest BCUT2D eigenvalue weighted by Gasteiger charge is -2.32. The third kappa shape index (κ3) is 4.07. The van der Waals surface area contributed by atoms with Crippen molar-refractivity contribution in [1.29, 1.82) is 0 Å². The highest BCUT2D eigenvalue weighted by Gasteiger charge is 2.24. The zero-order valence-electron chi connectivity index (χ0n) is 16.0. The third-order valence-corrected chi connectivity index (χ3v) is 5.25. The van der Waals surface area contributed by atoms with Gasteiger partial charge in [0.2, 0.25) is 0 Å². The number of hydrogen-bond donors (Lipinski definition) is 1. The van der Waals surface area contributed by atoms with Crippen molar-refractivity contribution in [3.05, 3.63) is 78.1 Å². The van der Waals surface area contributed by atoms with Crippen LogP contribution in [0.5, 0.6) is 5.75 Å². The number of hydrogen-bond acceptors (Lipinski definition) is 3. The smallest absolute Gasteiger partial charge is 0.254 e. The van der Waals surface area contributed by atoms with E-state index in [-0.39, 0.29) is 5.91 Å². The minimum Gasteiger partial charge on any atom is -0.497 e. The number of methoxy groups -OCH3 is 1. The SMILES string of the molecule is COc1ccc(C[NH+]2CCN(C(=O)c3ccc(-n4cccn4)cc3)CC2)cc1. The largest absolute Gasteiger partial charge is 0.497 e. The molecule has 0 bridgehead atoms. The molecule has 1 N–H and O–H groups in total. The summed E-state index contributed by atoms with van der Waals surface area (Å²) in [5.41, 5.74) is 2.98. The van der Waals surface area contributed by atoms with Crippen LogP contribution in [0, 0.1) is 0 Å². The number of ether oxygens (including phenoxy) is 1. The van der Waals surface area contributed by atoms with E-state index in [0.29, 0.717) is 0 Å². The molecule has 0 unspecified atom stereocenters. The van der Waals surface area contributed by atoms with Crippen molar-refractivity contribution in [2.24, 2.45) is 0 Å². The number of aromatic nitrogens is 2. The average Bonchev–Trinajstić information content (AvgIpc) is 3.29. The van der Waals surface area contributed by atoms with Gasteiger partial charge in [-0.3, -0.25) is 4.79 Å². The Morgan fingerprint density at radius 3 is 2.39 bits per heavy atom. The summed E-state index contributed by atoms with van der Waals surface area (Å²) in [5, 5.41) is 4.21. The van der Waals surface area contributed by atoms with Gasteiger partial charge in [-0.25, -0.2) is 4.68 Å². The maximum atomic E-state index is 12.8. The highest BCUT2D eigenvalue weighted by Crippen LogP contribution is 2.12. The highest BCUT2D eigenvalue weighted by atomic mass is 16.5. The Hall–Kier alpha value is -3.12. The first-order valence-electron chi connectivity index (χ1n) is 9.59. The second-order valence-corrected chi connectivity index (χ2v) is 7.06. The van der Waals surface area contributed by atoms with Crippen LogP contribution < -0.4 is 9.64 Å². The Morgan fingerprint density at radius 2 is 1.79 bits per heavy atom. The number of rotatable bonds is 5. The van der Waals surface area contributed by atoms with E-state index in [4.69, 9.17) is 4.74 Å². The molecule has 3 aromatic rings. The molecule has 1 amide bonds. The van der Waals surface area contributed by atoms with Crippen molar-refractivity contribution in [3.63, 3.8) is 0 Å². The van der Waals surface area contributed by atoms with Gasteiger partial charge < -0.3 is 14.5 Å². The number of carbonyl (C=O) groups excluding carboxylic acids is 1. The predicted molar refractivity (Wildman–Crippen MR) is 107 cm³/mol. The highest BCUT2D eigenvalue weighted by molar-refractivity contribution is 5.94. The quantitative estimate of drug-likeness (QED) is 0.732. The maximum Gasteiger partial charge on any atom is 0.254 e. The van der Waals surface area contributed by atoms with Crippen LogP contribution in [0.15, 0.2) is 67.0 Å². The lowest BCUT2D eigenvalue weighted by molar-refractivity contribution is -0.917. The number of nitrogens with one attached hydrogen (secondary N) is 1. The van der Waals surface area contributed by atoms with E-state index in [1.54, 1.807) is 18.0 Å². The molecule has 0 radical (unpaired) electrons. The van der Waals surface area contributed by atoms with Crippen molar-refractivity contribution >= 4 is 5.91 Å². The Bertz CT molecular complexity index is 897. The monoisotopic (exact) mass is 377 g/mol. The molecule has 6 nitrogen and oxygen atoms in total. The third-order valence-electron chi connectivity index (χ3n) is 5.25. The molecule has 0 saturated carbocycles. The average molecular weight is 377 g/mol. The molecule has 0 spiro atoms. The first-order valence-corrected chi connectivity index (χ1v) is 9.59. The second-order valence-electron chi connectivity index (χ2n) is 7.06. The van der Waals surface area contributed by atoms with E-state index in [2.05, 4.69) is 17.2 Å². The van der Waals surface area contributed by atoms with Gasteiger partial charge in [0.25, 0.3) is 5.91 Å². The molecule has 6 heteroatoms. The van der Waals surface area contributed by atoms with Crippen LogP contribution in [0.1, 0.15) is 15.9 Å². The van der Waals surface area contributed by atoms with Crippen molar-refractivity contribution < 1.29 is 14.4 Å². The molecule has 0 aliphatic carbocycles. The fourth-order valence-corrected chi connectivity index (χ4v) is 3.60.